The molecular weight excluding hydrogens is 374 g/mol. The first-order chi connectivity index (χ1) is 13.5. The van der Waals surface area contributed by atoms with Gasteiger partial charge in [0.05, 0.1) is 5.52 Å². The third-order valence-electron chi connectivity index (χ3n) is 5.37. The number of pyridine rings is 1. The normalized spacial score (nSPS) is 20.7. The number of halogens is 1. The second-order valence-corrected chi connectivity index (χ2v) is 8.58. The lowest BCUT2D eigenvalue weighted by molar-refractivity contribution is 0.0921. The molecule has 148 valence electrons. The van der Waals surface area contributed by atoms with Gasteiger partial charge < -0.3 is 14.6 Å². The van der Waals surface area contributed by atoms with E-state index in [4.69, 9.17) is 16.0 Å². The highest BCUT2D eigenvalue weighted by Crippen LogP contribution is 2.25. The zero-order chi connectivity index (χ0) is 19.7. The van der Waals surface area contributed by atoms with Gasteiger partial charge in [0.1, 0.15) is 0 Å². The van der Waals surface area contributed by atoms with Crippen molar-refractivity contribution in [1.82, 2.24) is 15.2 Å². The van der Waals surface area contributed by atoms with Crippen LogP contribution in [0.2, 0.25) is 5.02 Å². The molecule has 1 aliphatic rings. The number of aromatic nitrogens is 1. The summed E-state index contributed by atoms with van der Waals surface area (Å²) < 4.78 is 5.68. The molecule has 1 amide bonds. The van der Waals surface area contributed by atoms with Crippen molar-refractivity contribution < 1.29 is 9.21 Å². The Morgan fingerprint density at radius 2 is 2.00 bits per heavy atom. The molecule has 2 aromatic heterocycles. The number of rotatable bonds is 5. The molecule has 0 spiro atoms. The second kappa shape index (κ2) is 8.10. The number of nitrogens with one attached hydrogen (secondary N) is 1. The van der Waals surface area contributed by atoms with Gasteiger partial charge in [-0.2, -0.15) is 0 Å². The maximum atomic E-state index is 12.4. The van der Waals surface area contributed by atoms with Crippen molar-refractivity contribution in [2.24, 2.45) is 11.8 Å². The van der Waals surface area contributed by atoms with Gasteiger partial charge in [-0.05, 0) is 55.5 Å². The number of amides is 1. The van der Waals surface area contributed by atoms with E-state index >= 15 is 0 Å². The molecule has 28 heavy (non-hydrogen) atoms. The monoisotopic (exact) mass is 399 g/mol. The molecule has 0 saturated carbocycles. The summed E-state index contributed by atoms with van der Waals surface area (Å²) in [6.07, 6.45) is 2.25. The highest BCUT2D eigenvalue weighted by atomic mass is 35.5. The fraction of sp³-hybridized carbons (Fsp3) is 0.455. The fourth-order valence-corrected chi connectivity index (χ4v) is 4.44. The summed E-state index contributed by atoms with van der Waals surface area (Å²) in [5, 5.41) is 5.37. The Labute approximate surface area is 170 Å². The minimum atomic E-state index is -0.194. The lowest BCUT2D eigenvalue weighted by Gasteiger charge is -2.34. The number of hydrogen-bond acceptors (Lipinski definition) is 4. The molecule has 0 bridgehead atoms. The molecule has 4 rings (SSSR count). The van der Waals surface area contributed by atoms with Crippen LogP contribution in [0.5, 0.6) is 0 Å². The van der Waals surface area contributed by atoms with E-state index in [9.17, 15) is 4.79 Å². The van der Waals surface area contributed by atoms with Crippen LogP contribution in [-0.4, -0.2) is 42.0 Å². The van der Waals surface area contributed by atoms with E-state index in [-0.39, 0.29) is 5.91 Å². The molecule has 2 atom stereocenters. The number of hydrogen-bond donors (Lipinski definition) is 1. The summed E-state index contributed by atoms with van der Waals surface area (Å²) in [7, 11) is 0. The first-order valence-corrected chi connectivity index (χ1v) is 10.4. The van der Waals surface area contributed by atoms with E-state index < -0.39 is 0 Å². The number of fused-ring (bicyclic) bond motifs is 2. The van der Waals surface area contributed by atoms with E-state index in [1.807, 2.05) is 18.2 Å². The van der Waals surface area contributed by atoms with E-state index in [1.54, 1.807) is 12.1 Å². The Balaban J connectivity index is 1.35. The van der Waals surface area contributed by atoms with Crippen molar-refractivity contribution in [1.29, 1.82) is 0 Å². The molecule has 0 radical (unpaired) electrons. The minimum absolute atomic E-state index is 0.194. The number of carbonyl (C=O) groups excluding carboxylic acids is 1. The van der Waals surface area contributed by atoms with Gasteiger partial charge in [-0.1, -0.05) is 31.5 Å². The van der Waals surface area contributed by atoms with Gasteiger partial charge in [0.25, 0.3) is 5.91 Å². The number of carbonyl (C=O) groups is 1. The number of piperidine rings is 1. The van der Waals surface area contributed by atoms with Gasteiger partial charge in [-0.15, -0.1) is 0 Å². The van der Waals surface area contributed by atoms with E-state index in [0.29, 0.717) is 23.0 Å². The second-order valence-electron chi connectivity index (χ2n) is 8.15. The summed E-state index contributed by atoms with van der Waals surface area (Å²) in [6.45, 7) is 8.61. The van der Waals surface area contributed by atoms with Crippen LogP contribution in [0.4, 0.5) is 0 Å². The van der Waals surface area contributed by atoms with Crippen molar-refractivity contribution in [3.05, 3.63) is 41.1 Å². The topological polar surface area (TPSA) is 58.4 Å². The largest absolute Gasteiger partial charge is 0.433 e. The fourth-order valence-electron chi connectivity index (χ4n) is 4.28. The van der Waals surface area contributed by atoms with Crippen LogP contribution in [0.25, 0.3) is 22.0 Å². The Morgan fingerprint density at radius 3 is 2.79 bits per heavy atom. The van der Waals surface area contributed by atoms with Crippen LogP contribution < -0.4 is 5.32 Å². The maximum absolute atomic E-state index is 12.4. The molecule has 3 aromatic rings. The lowest BCUT2D eigenvalue weighted by Crippen LogP contribution is -2.40. The van der Waals surface area contributed by atoms with Crippen molar-refractivity contribution >= 4 is 39.5 Å². The summed E-state index contributed by atoms with van der Waals surface area (Å²) in [5.41, 5.74) is 1.21. The quantitative estimate of drug-likeness (QED) is 0.630. The van der Waals surface area contributed by atoms with E-state index in [0.717, 1.165) is 54.2 Å². The molecule has 0 aliphatic carbocycles. The highest BCUT2D eigenvalue weighted by Gasteiger charge is 2.21. The summed E-state index contributed by atoms with van der Waals surface area (Å²) in [5.74, 6) is 1.61. The SMILES string of the molecule is C[C@@H]1C[C@@H](C)CN(CCCNC(=O)c2cc3cc4ccc(Cl)cc4nc3o2)C1. The van der Waals surface area contributed by atoms with Crippen molar-refractivity contribution in [3.8, 4) is 0 Å². The molecule has 6 heteroatoms. The Bertz CT molecular complexity index is 990. The minimum Gasteiger partial charge on any atom is -0.433 e. The van der Waals surface area contributed by atoms with Gasteiger partial charge in [0, 0.05) is 35.4 Å². The first-order valence-electron chi connectivity index (χ1n) is 9.98. The summed E-state index contributed by atoms with van der Waals surface area (Å²) in [4.78, 5) is 19.4. The maximum Gasteiger partial charge on any atom is 0.287 e. The Kier molecular flexibility index (Phi) is 5.56. The van der Waals surface area contributed by atoms with Crippen molar-refractivity contribution in [3.63, 3.8) is 0 Å². The van der Waals surface area contributed by atoms with Gasteiger partial charge in [0.15, 0.2) is 5.76 Å². The zero-order valence-electron chi connectivity index (χ0n) is 16.4. The van der Waals surface area contributed by atoms with Crippen LogP contribution >= 0.6 is 11.6 Å². The summed E-state index contributed by atoms with van der Waals surface area (Å²) in [6, 6.07) is 9.25. The number of benzene rings is 1. The molecule has 0 unspecified atom stereocenters. The number of nitrogens with zero attached hydrogens (tertiary/aromatic N) is 2. The van der Waals surface area contributed by atoms with Crippen LogP contribution in [0.3, 0.4) is 0 Å². The van der Waals surface area contributed by atoms with Crippen LogP contribution in [0.1, 0.15) is 37.2 Å². The summed E-state index contributed by atoms with van der Waals surface area (Å²) >= 11 is 6.03. The molecular formula is C22H26ClN3O2. The van der Waals surface area contributed by atoms with Crippen molar-refractivity contribution in [2.75, 3.05) is 26.2 Å². The van der Waals surface area contributed by atoms with Crippen molar-refractivity contribution in [2.45, 2.75) is 26.7 Å². The molecule has 1 aromatic carbocycles. The van der Waals surface area contributed by atoms with Crippen LogP contribution in [-0.2, 0) is 0 Å². The third-order valence-corrected chi connectivity index (χ3v) is 5.61. The molecule has 3 heterocycles. The third kappa shape index (κ3) is 4.31. The van der Waals surface area contributed by atoms with Gasteiger partial charge in [-0.25, -0.2) is 4.98 Å². The lowest BCUT2D eigenvalue weighted by atomic mass is 9.92. The predicted molar refractivity (Wildman–Crippen MR) is 113 cm³/mol. The zero-order valence-corrected chi connectivity index (χ0v) is 17.1. The Hall–Kier alpha value is -2.11. The van der Waals surface area contributed by atoms with Crippen LogP contribution in [0, 0.1) is 11.8 Å². The smallest absolute Gasteiger partial charge is 0.287 e. The number of likely N-dealkylation sites (tertiary alicyclic amines) is 1. The Morgan fingerprint density at radius 1 is 1.21 bits per heavy atom. The molecule has 1 N–H and O–H groups in total. The van der Waals surface area contributed by atoms with Gasteiger partial charge in [-0.3, -0.25) is 4.79 Å². The predicted octanol–water partition coefficient (Wildman–Crippen LogP) is 4.73. The van der Waals surface area contributed by atoms with Gasteiger partial charge >= 0.3 is 0 Å². The molecule has 5 nitrogen and oxygen atoms in total. The molecule has 1 saturated heterocycles. The molecule has 1 fully saturated rings. The average molecular weight is 400 g/mol. The molecule has 1 aliphatic heterocycles. The van der Waals surface area contributed by atoms with E-state index in [2.05, 4.69) is 29.0 Å². The average Bonchev–Trinajstić information content (AvgIpc) is 3.05. The number of furan rings is 1. The highest BCUT2D eigenvalue weighted by molar-refractivity contribution is 6.31. The van der Waals surface area contributed by atoms with Gasteiger partial charge in [0.2, 0.25) is 5.71 Å². The first kappa shape index (κ1) is 19.2. The van der Waals surface area contributed by atoms with Crippen LogP contribution in [0.15, 0.2) is 34.7 Å². The van der Waals surface area contributed by atoms with E-state index in [1.165, 1.54) is 6.42 Å². The standard InChI is InChI=1S/C22H26ClN3O2/c1-14-8-15(2)13-26(12-14)7-3-6-24-21(27)20-10-17-9-16-4-5-18(23)11-19(16)25-22(17)28-20/h4-5,9-11,14-15H,3,6-8,12-13H2,1-2H3,(H,24,27)/t14-,15-/m1/s1.